The molecule has 4 heteroatoms. The number of nitrogens with zero attached hydrogens (tertiary/aromatic N) is 1. The van der Waals surface area contributed by atoms with Gasteiger partial charge in [-0.3, -0.25) is 0 Å². The van der Waals surface area contributed by atoms with E-state index in [4.69, 9.17) is 11.3 Å². The van der Waals surface area contributed by atoms with Crippen molar-refractivity contribution in [2.75, 3.05) is 19.7 Å². The van der Waals surface area contributed by atoms with E-state index in [0.717, 1.165) is 25.1 Å². The van der Waals surface area contributed by atoms with Crippen molar-refractivity contribution < 1.29 is 4.84 Å². The highest BCUT2D eigenvalue weighted by molar-refractivity contribution is 5.85. The molecule has 72 valence electrons. The lowest BCUT2D eigenvalue weighted by Gasteiger charge is -2.09. The predicted octanol–water partition coefficient (Wildman–Crippen LogP) is 0.964. The van der Waals surface area contributed by atoms with Crippen LogP contribution in [-0.4, -0.2) is 25.9 Å². The molecule has 0 bridgehead atoms. The monoisotopic (exact) mass is 200 g/mol. The normalized spacial score (nSPS) is 15.8. The molecule has 0 aromatic heterocycles. The second-order valence-corrected chi connectivity index (χ2v) is 2.46. The molecule has 0 aromatic rings. The molecule has 1 aliphatic heterocycles. The summed E-state index contributed by atoms with van der Waals surface area (Å²) in [4.78, 5) is 4.75. The van der Waals surface area contributed by atoms with E-state index in [9.17, 15) is 0 Å². The van der Waals surface area contributed by atoms with Crippen molar-refractivity contribution in [1.82, 2.24) is 5.32 Å². The van der Waals surface area contributed by atoms with Gasteiger partial charge in [-0.05, 0) is 18.5 Å². The van der Waals surface area contributed by atoms with E-state index in [1.165, 1.54) is 0 Å². The number of terminal acetylenes is 1. The maximum absolute atomic E-state index is 4.97. The van der Waals surface area contributed by atoms with Crippen LogP contribution in [0.3, 0.4) is 0 Å². The van der Waals surface area contributed by atoms with Crippen molar-refractivity contribution in [3.05, 3.63) is 11.6 Å². The summed E-state index contributed by atoms with van der Waals surface area (Å²) in [5.74, 6) is 2.33. The van der Waals surface area contributed by atoms with Crippen LogP contribution >= 0.6 is 12.4 Å². The van der Waals surface area contributed by atoms with Gasteiger partial charge in [0.25, 0.3) is 0 Å². The molecule has 0 aromatic carbocycles. The van der Waals surface area contributed by atoms with E-state index in [0.29, 0.717) is 0 Å². The Morgan fingerprint density at radius 2 is 2.62 bits per heavy atom. The van der Waals surface area contributed by atoms with Gasteiger partial charge in [0.15, 0.2) is 6.61 Å². The van der Waals surface area contributed by atoms with Crippen LogP contribution in [0.5, 0.6) is 0 Å². The minimum absolute atomic E-state index is 0. The van der Waals surface area contributed by atoms with E-state index >= 15 is 0 Å². The van der Waals surface area contributed by atoms with Gasteiger partial charge in [0.2, 0.25) is 0 Å². The first-order valence-corrected chi connectivity index (χ1v) is 3.92. The van der Waals surface area contributed by atoms with Crippen molar-refractivity contribution in [3.8, 4) is 12.3 Å². The van der Waals surface area contributed by atoms with Gasteiger partial charge in [0.05, 0.1) is 6.21 Å². The first kappa shape index (κ1) is 12.0. The molecule has 3 nitrogen and oxygen atoms in total. The van der Waals surface area contributed by atoms with Gasteiger partial charge >= 0.3 is 0 Å². The van der Waals surface area contributed by atoms with Crippen LogP contribution < -0.4 is 5.32 Å². The smallest absolute Gasteiger partial charge is 0.177 e. The Balaban J connectivity index is 0.00000144. The van der Waals surface area contributed by atoms with Gasteiger partial charge < -0.3 is 10.2 Å². The molecular weight excluding hydrogens is 188 g/mol. The first-order valence-electron chi connectivity index (χ1n) is 3.92. The Labute approximate surface area is 84.6 Å². The van der Waals surface area contributed by atoms with Crippen molar-refractivity contribution in [2.45, 2.75) is 6.42 Å². The first-order chi connectivity index (χ1) is 5.93. The molecule has 0 aliphatic carbocycles. The lowest BCUT2D eigenvalue weighted by atomic mass is 10.2. The zero-order chi connectivity index (χ0) is 8.65. The summed E-state index contributed by atoms with van der Waals surface area (Å²) in [6.45, 7) is 2.14. The van der Waals surface area contributed by atoms with Crippen molar-refractivity contribution in [2.24, 2.45) is 5.16 Å². The Kier molecular flexibility index (Phi) is 7.08. The topological polar surface area (TPSA) is 33.6 Å². The third kappa shape index (κ3) is 5.29. The lowest BCUT2D eigenvalue weighted by molar-refractivity contribution is 0.181. The van der Waals surface area contributed by atoms with Crippen LogP contribution in [0.2, 0.25) is 0 Å². The number of oxime groups is 1. The number of rotatable bonds is 3. The highest BCUT2D eigenvalue weighted by Crippen LogP contribution is 1.97. The second-order valence-electron chi connectivity index (χ2n) is 2.46. The SMILES string of the molecule is C#CCON=CC1=CCCNC1.Cl. The second kappa shape index (κ2) is 7.66. The minimum atomic E-state index is 0. The molecule has 0 unspecified atom stereocenters. The maximum Gasteiger partial charge on any atom is 0.177 e. The highest BCUT2D eigenvalue weighted by Gasteiger charge is 1.98. The molecule has 0 saturated heterocycles. The fourth-order valence-electron chi connectivity index (χ4n) is 0.942. The third-order valence-corrected chi connectivity index (χ3v) is 1.50. The number of nitrogens with one attached hydrogen (secondary N) is 1. The minimum Gasteiger partial charge on any atom is -0.383 e. The average molecular weight is 201 g/mol. The molecule has 0 saturated carbocycles. The fraction of sp³-hybridized carbons (Fsp3) is 0.444. The van der Waals surface area contributed by atoms with Crippen LogP contribution in [0.25, 0.3) is 0 Å². The van der Waals surface area contributed by atoms with Gasteiger partial charge in [0.1, 0.15) is 0 Å². The molecule has 1 rings (SSSR count). The van der Waals surface area contributed by atoms with Gasteiger partial charge in [-0.25, -0.2) is 0 Å². The van der Waals surface area contributed by atoms with E-state index in [-0.39, 0.29) is 19.0 Å². The molecule has 0 fully saturated rings. The van der Waals surface area contributed by atoms with Crippen molar-refractivity contribution in [1.29, 1.82) is 0 Å². The number of hydrogen-bond donors (Lipinski definition) is 1. The molecule has 0 spiro atoms. The molecule has 1 aliphatic rings. The average Bonchev–Trinajstić information content (AvgIpc) is 2.14. The largest absolute Gasteiger partial charge is 0.383 e. The molecule has 13 heavy (non-hydrogen) atoms. The summed E-state index contributed by atoms with van der Waals surface area (Å²) in [5, 5.41) is 6.93. The number of halogens is 1. The van der Waals surface area contributed by atoms with Crippen LogP contribution in [0, 0.1) is 12.3 Å². The Bertz CT molecular complexity index is 230. The van der Waals surface area contributed by atoms with E-state index in [2.05, 4.69) is 22.5 Å². The Hall–Kier alpha value is -0.980. The third-order valence-electron chi connectivity index (χ3n) is 1.50. The summed E-state index contributed by atoms with van der Waals surface area (Å²) in [5.41, 5.74) is 1.15. The van der Waals surface area contributed by atoms with Crippen LogP contribution in [-0.2, 0) is 4.84 Å². The van der Waals surface area contributed by atoms with Crippen LogP contribution in [0.15, 0.2) is 16.8 Å². The van der Waals surface area contributed by atoms with E-state index in [1.54, 1.807) is 6.21 Å². The molecule has 0 atom stereocenters. The molecule has 1 N–H and O–H groups in total. The van der Waals surface area contributed by atoms with E-state index < -0.39 is 0 Å². The van der Waals surface area contributed by atoms with E-state index in [1.807, 2.05) is 0 Å². The molecule has 0 amide bonds. The van der Waals surface area contributed by atoms with Crippen LogP contribution in [0.1, 0.15) is 6.42 Å². The van der Waals surface area contributed by atoms with Gasteiger partial charge in [-0.2, -0.15) is 0 Å². The summed E-state index contributed by atoms with van der Waals surface area (Å²) < 4.78 is 0. The predicted molar refractivity (Wildman–Crippen MR) is 56.1 cm³/mol. The maximum atomic E-state index is 4.97. The summed E-state index contributed by atoms with van der Waals surface area (Å²) in [6.07, 6.45) is 9.86. The van der Waals surface area contributed by atoms with Gasteiger partial charge in [-0.1, -0.05) is 17.2 Å². The lowest BCUT2D eigenvalue weighted by Crippen LogP contribution is -2.22. The highest BCUT2D eigenvalue weighted by atomic mass is 35.5. The summed E-state index contributed by atoms with van der Waals surface area (Å²) >= 11 is 0. The molecular formula is C9H13ClN2O. The van der Waals surface area contributed by atoms with Crippen molar-refractivity contribution in [3.63, 3.8) is 0 Å². The summed E-state index contributed by atoms with van der Waals surface area (Å²) in [6, 6.07) is 0. The van der Waals surface area contributed by atoms with Crippen molar-refractivity contribution >= 4 is 18.6 Å². The zero-order valence-corrected chi connectivity index (χ0v) is 8.14. The summed E-state index contributed by atoms with van der Waals surface area (Å²) in [7, 11) is 0. The fourth-order valence-corrected chi connectivity index (χ4v) is 0.942. The standard InChI is InChI=1S/C9H12N2O.ClH/c1-2-6-12-11-8-9-4-3-5-10-7-9;/h1,4,8,10H,3,5-7H2;1H. The Morgan fingerprint density at radius 3 is 3.23 bits per heavy atom. The Morgan fingerprint density at radius 1 is 1.77 bits per heavy atom. The van der Waals surface area contributed by atoms with Gasteiger partial charge in [0, 0.05) is 6.54 Å². The van der Waals surface area contributed by atoms with Gasteiger partial charge in [-0.15, -0.1) is 18.8 Å². The zero-order valence-electron chi connectivity index (χ0n) is 7.32. The molecule has 0 radical (unpaired) electrons. The number of hydrogen-bond acceptors (Lipinski definition) is 3. The molecule has 1 heterocycles. The van der Waals surface area contributed by atoms with Crippen LogP contribution in [0.4, 0.5) is 0 Å². The quantitative estimate of drug-likeness (QED) is 0.319.